The van der Waals surface area contributed by atoms with E-state index in [0.29, 0.717) is 9.33 Å². The molecule has 1 aromatic heterocycles. The number of carbonyl (C=O) groups excluding carboxylic acids is 1. The Morgan fingerprint density at radius 3 is 2.61 bits per heavy atom. The molecule has 2 rings (SSSR count). The zero-order valence-electron chi connectivity index (χ0n) is 9.80. The van der Waals surface area contributed by atoms with E-state index < -0.39 is 0 Å². The van der Waals surface area contributed by atoms with Crippen LogP contribution in [0.4, 0.5) is 5.69 Å². The first kappa shape index (κ1) is 13.1. The van der Waals surface area contributed by atoms with Gasteiger partial charge in [0.05, 0.1) is 11.8 Å². The van der Waals surface area contributed by atoms with E-state index in [4.69, 9.17) is 9.15 Å². The Bertz CT molecular complexity index is 524. The van der Waals surface area contributed by atoms with E-state index in [1.54, 1.807) is 18.1 Å². The Morgan fingerprint density at radius 1 is 1.33 bits per heavy atom. The molecule has 0 fully saturated rings. The molecule has 0 bridgehead atoms. The van der Waals surface area contributed by atoms with Crippen LogP contribution in [0.3, 0.4) is 0 Å². The van der Waals surface area contributed by atoms with Gasteiger partial charge in [0.2, 0.25) is 0 Å². The van der Waals surface area contributed by atoms with E-state index in [1.165, 1.54) is 6.26 Å². The van der Waals surface area contributed by atoms with E-state index in [2.05, 4.69) is 0 Å². The summed E-state index contributed by atoms with van der Waals surface area (Å²) in [4.78, 5) is 14.0. The Hall–Kier alpha value is -1.34. The summed E-state index contributed by atoms with van der Waals surface area (Å²) in [6, 6.07) is 11.1. The van der Waals surface area contributed by atoms with Crippen molar-refractivity contribution in [2.45, 2.75) is 0 Å². The lowest BCUT2D eigenvalue weighted by atomic mass is 10.2. The van der Waals surface area contributed by atoms with Crippen LogP contribution in [0.25, 0.3) is 0 Å². The lowest BCUT2D eigenvalue weighted by molar-refractivity contribution is 0.0934. The van der Waals surface area contributed by atoms with Crippen LogP contribution in [0.5, 0.6) is 0 Å². The molecular weight excluding hydrogens is 345 g/mol. The van der Waals surface area contributed by atoms with Crippen molar-refractivity contribution in [3.8, 4) is 0 Å². The average Bonchev–Trinajstić information content (AvgIpc) is 2.82. The second kappa shape index (κ2) is 6.01. The van der Waals surface area contributed by atoms with Crippen molar-refractivity contribution in [2.75, 3.05) is 18.7 Å². The predicted octanol–water partition coefficient (Wildman–Crippen LogP) is 3.13. The maximum Gasteiger partial charge on any atom is 0.264 e. The summed E-state index contributed by atoms with van der Waals surface area (Å²) in [5.74, 6) is -0.138. The lowest BCUT2D eigenvalue weighted by Gasteiger charge is -2.21. The summed E-state index contributed by atoms with van der Waals surface area (Å²) in [5.41, 5.74) is 1.33. The SMILES string of the molecule is COCN(C(=O)c1ccoc1I)c1ccccc1. The van der Waals surface area contributed by atoms with Gasteiger partial charge in [-0.2, -0.15) is 0 Å². The lowest BCUT2D eigenvalue weighted by Crippen LogP contribution is -2.32. The van der Waals surface area contributed by atoms with Crippen LogP contribution in [-0.4, -0.2) is 19.7 Å². The van der Waals surface area contributed by atoms with Crippen molar-refractivity contribution in [1.29, 1.82) is 0 Å². The number of furan rings is 1. The van der Waals surface area contributed by atoms with E-state index in [0.717, 1.165) is 5.69 Å². The molecule has 0 atom stereocenters. The van der Waals surface area contributed by atoms with Gasteiger partial charge in [-0.1, -0.05) is 18.2 Å². The molecular formula is C13H12INO3. The van der Waals surface area contributed by atoms with Crippen molar-refractivity contribution in [3.63, 3.8) is 0 Å². The number of anilines is 1. The van der Waals surface area contributed by atoms with Crippen LogP contribution >= 0.6 is 22.6 Å². The summed E-state index contributed by atoms with van der Waals surface area (Å²) in [6.45, 7) is 0.199. The van der Waals surface area contributed by atoms with E-state index in [1.807, 2.05) is 52.9 Å². The van der Waals surface area contributed by atoms with Crippen molar-refractivity contribution < 1.29 is 13.9 Å². The minimum Gasteiger partial charge on any atom is -0.458 e. The number of nitrogens with zero attached hydrogens (tertiary/aromatic N) is 1. The Labute approximate surface area is 119 Å². The van der Waals surface area contributed by atoms with Crippen LogP contribution in [0.1, 0.15) is 10.4 Å². The van der Waals surface area contributed by atoms with Crippen molar-refractivity contribution in [1.82, 2.24) is 0 Å². The van der Waals surface area contributed by atoms with Gasteiger partial charge in [0.15, 0.2) is 3.77 Å². The van der Waals surface area contributed by atoms with Gasteiger partial charge in [0.1, 0.15) is 6.73 Å². The summed E-state index contributed by atoms with van der Waals surface area (Å²) >= 11 is 2.00. The fourth-order valence-corrected chi connectivity index (χ4v) is 2.14. The molecule has 0 saturated carbocycles. The van der Waals surface area contributed by atoms with Gasteiger partial charge in [-0.15, -0.1) is 0 Å². The van der Waals surface area contributed by atoms with Crippen LogP contribution in [0.2, 0.25) is 0 Å². The Kier molecular flexibility index (Phi) is 4.38. The summed E-state index contributed by atoms with van der Waals surface area (Å²) in [7, 11) is 1.56. The molecule has 0 aliphatic rings. The maximum atomic E-state index is 12.4. The highest BCUT2D eigenvalue weighted by Gasteiger charge is 2.21. The number of benzene rings is 1. The van der Waals surface area contributed by atoms with Gasteiger partial charge in [0, 0.05) is 35.4 Å². The van der Waals surface area contributed by atoms with Crippen molar-refractivity contribution in [3.05, 3.63) is 52.0 Å². The zero-order chi connectivity index (χ0) is 13.0. The number of para-hydroxylation sites is 1. The largest absolute Gasteiger partial charge is 0.458 e. The van der Waals surface area contributed by atoms with Crippen LogP contribution < -0.4 is 4.90 Å². The molecule has 0 radical (unpaired) electrons. The molecule has 94 valence electrons. The monoisotopic (exact) mass is 357 g/mol. The number of hydrogen-bond acceptors (Lipinski definition) is 3. The van der Waals surface area contributed by atoms with Gasteiger partial charge < -0.3 is 9.15 Å². The first-order chi connectivity index (χ1) is 8.74. The van der Waals surface area contributed by atoms with Crippen molar-refractivity contribution in [2.24, 2.45) is 0 Å². The molecule has 1 heterocycles. The van der Waals surface area contributed by atoms with Crippen LogP contribution in [0, 0.1) is 3.77 Å². The first-order valence-corrected chi connectivity index (χ1v) is 6.40. The number of hydrogen-bond donors (Lipinski definition) is 0. The minimum atomic E-state index is -0.138. The second-order valence-corrected chi connectivity index (χ2v) is 4.57. The van der Waals surface area contributed by atoms with Gasteiger partial charge in [0.25, 0.3) is 5.91 Å². The molecule has 0 N–H and O–H groups in total. The fraction of sp³-hybridized carbons (Fsp3) is 0.154. The van der Waals surface area contributed by atoms with E-state index in [9.17, 15) is 4.79 Å². The number of rotatable bonds is 4. The van der Waals surface area contributed by atoms with Crippen molar-refractivity contribution >= 4 is 34.2 Å². The highest BCUT2D eigenvalue weighted by atomic mass is 127. The van der Waals surface area contributed by atoms with E-state index in [-0.39, 0.29) is 12.6 Å². The fourth-order valence-electron chi connectivity index (χ4n) is 1.58. The maximum absolute atomic E-state index is 12.4. The molecule has 2 aromatic rings. The second-order valence-electron chi connectivity index (χ2n) is 3.59. The van der Waals surface area contributed by atoms with Gasteiger partial charge in [-0.05, 0) is 18.2 Å². The summed E-state index contributed by atoms with van der Waals surface area (Å²) in [5, 5.41) is 0. The standard InChI is InChI=1S/C13H12INO3/c1-17-9-15(10-5-3-2-4-6-10)13(16)11-7-8-18-12(11)14/h2-8H,9H2,1H3. The van der Waals surface area contributed by atoms with Crippen LogP contribution in [0.15, 0.2) is 47.1 Å². The zero-order valence-corrected chi connectivity index (χ0v) is 12.0. The molecule has 18 heavy (non-hydrogen) atoms. The average molecular weight is 357 g/mol. The predicted molar refractivity (Wildman–Crippen MR) is 76.6 cm³/mol. The molecule has 0 spiro atoms. The number of halogens is 1. The third-order valence-electron chi connectivity index (χ3n) is 2.42. The Morgan fingerprint density at radius 2 is 2.06 bits per heavy atom. The quantitative estimate of drug-likeness (QED) is 0.624. The number of methoxy groups -OCH3 is 1. The molecule has 1 aromatic carbocycles. The topological polar surface area (TPSA) is 42.7 Å². The normalized spacial score (nSPS) is 10.3. The van der Waals surface area contributed by atoms with E-state index >= 15 is 0 Å². The van der Waals surface area contributed by atoms with Gasteiger partial charge >= 0.3 is 0 Å². The molecule has 1 amide bonds. The summed E-state index contributed by atoms with van der Waals surface area (Å²) < 4.78 is 10.8. The van der Waals surface area contributed by atoms with Crippen LogP contribution in [-0.2, 0) is 4.74 Å². The smallest absolute Gasteiger partial charge is 0.264 e. The molecule has 5 heteroatoms. The third-order valence-corrected chi connectivity index (χ3v) is 3.25. The molecule has 0 unspecified atom stereocenters. The molecule has 0 aliphatic carbocycles. The molecule has 0 saturated heterocycles. The summed E-state index contributed by atoms with van der Waals surface area (Å²) in [6.07, 6.45) is 1.50. The first-order valence-electron chi connectivity index (χ1n) is 5.33. The minimum absolute atomic E-state index is 0.138. The highest BCUT2D eigenvalue weighted by molar-refractivity contribution is 14.1. The number of carbonyl (C=O) groups is 1. The number of amides is 1. The van der Waals surface area contributed by atoms with Gasteiger partial charge in [-0.3, -0.25) is 9.69 Å². The third kappa shape index (κ3) is 2.73. The highest BCUT2D eigenvalue weighted by Crippen LogP contribution is 2.20. The molecule has 0 aliphatic heterocycles. The van der Waals surface area contributed by atoms with Gasteiger partial charge in [-0.25, -0.2) is 0 Å². The Balaban J connectivity index is 2.32. The number of ether oxygens (including phenoxy) is 1. The molecule has 4 nitrogen and oxygen atoms in total.